The topological polar surface area (TPSA) is 20.3 Å². The Bertz CT molecular complexity index is 452. The zero-order valence-corrected chi connectivity index (χ0v) is 14.5. The highest BCUT2D eigenvalue weighted by Crippen LogP contribution is 2.27. The van der Waals surface area contributed by atoms with E-state index in [1.165, 1.54) is 12.8 Å². The Morgan fingerprint density at radius 3 is 2.42 bits per heavy atom. The first-order chi connectivity index (χ1) is 8.89. The van der Waals surface area contributed by atoms with Gasteiger partial charge in [-0.25, -0.2) is 0 Å². The van der Waals surface area contributed by atoms with E-state index in [4.69, 9.17) is 0 Å². The maximum atomic E-state index is 12.7. The average molecular weight is 340 g/mol. The largest absolute Gasteiger partial charge is 0.339 e. The Balaban J connectivity index is 2.22. The maximum absolute atomic E-state index is 12.7. The molecule has 19 heavy (non-hydrogen) atoms. The van der Waals surface area contributed by atoms with Gasteiger partial charge in [-0.1, -0.05) is 35.6 Å². The van der Waals surface area contributed by atoms with Crippen LogP contribution in [-0.2, 0) is 0 Å². The molecule has 1 heterocycles. The number of hydrogen-bond acceptors (Lipinski definition) is 1. The average Bonchev–Trinajstić information content (AvgIpc) is 2.38. The molecule has 2 rings (SSSR count). The summed E-state index contributed by atoms with van der Waals surface area (Å²) in [6, 6.07) is 7.73. The lowest BCUT2D eigenvalue weighted by atomic mass is 10.1. The van der Waals surface area contributed by atoms with Crippen LogP contribution in [-0.4, -0.2) is 31.1 Å². The van der Waals surface area contributed by atoms with E-state index in [0.29, 0.717) is 5.67 Å². The van der Waals surface area contributed by atoms with Crippen LogP contribution in [0.25, 0.3) is 0 Å². The van der Waals surface area contributed by atoms with Gasteiger partial charge in [0.15, 0.2) is 0 Å². The van der Waals surface area contributed by atoms with Crippen molar-refractivity contribution in [2.75, 3.05) is 6.54 Å². The summed E-state index contributed by atoms with van der Waals surface area (Å²) in [5.41, 5.74) is 1.30. The van der Waals surface area contributed by atoms with Crippen molar-refractivity contribution in [3.63, 3.8) is 0 Å². The molecule has 0 spiro atoms. The third-order valence-corrected chi connectivity index (χ3v) is 6.98. The van der Waals surface area contributed by atoms with Gasteiger partial charge in [-0.3, -0.25) is 4.79 Å². The van der Waals surface area contributed by atoms with E-state index < -0.39 is 8.07 Å². The Morgan fingerprint density at radius 1 is 1.21 bits per heavy atom. The van der Waals surface area contributed by atoms with Crippen LogP contribution >= 0.6 is 15.9 Å². The quantitative estimate of drug-likeness (QED) is 0.734. The molecule has 1 aromatic carbocycles. The van der Waals surface area contributed by atoms with Crippen molar-refractivity contribution in [1.82, 2.24) is 4.90 Å². The van der Waals surface area contributed by atoms with Gasteiger partial charge in [-0.15, -0.1) is 0 Å². The minimum Gasteiger partial charge on any atom is -0.339 e. The number of nitrogens with zero attached hydrogens (tertiary/aromatic N) is 1. The second-order valence-electron chi connectivity index (χ2n) is 6.38. The van der Waals surface area contributed by atoms with E-state index >= 15 is 0 Å². The molecule has 0 aliphatic carbocycles. The number of halogens is 1. The predicted molar refractivity (Wildman–Crippen MR) is 86.2 cm³/mol. The molecule has 1 fully saturated rings. The molecular formula is C15H22BrNOSi. The summed E-state index contributed by atoms with van der Waals surface area (Å²) in [6.07, 6.45) is 3.58. The number of rotatable bonds is 2. The Kier molecular flexibility index (Phi) is 4.51. The monoisotopic (exact) mass is 339 g/mol. The number of carbonyl (C=O) groups is 1. The van der Waals surface area contributed by atoms with E-state index in [2.05, 4.69) is 40.5 Å². The van der Waals surface area contributed by atoms with E-state index in [0.717, 1.165) is 23.0 Å². The normalized spacial score (nSPS) is 20.4. The fraction of sp³-hybridized carbons (Fsp3) is 0.533. The molecule has 104 valence electrons. The number of piperidine rings is 1. The summed E-state index contributed by atoms with van der Waals surface area (Å²) < 4.78 is 1.02. The fourth-order valence-electron chi connectivity index (χ4n) is 2.83. The molecule has 0 N–H and O–H groups in total. The van der Waals surface area contributed by atoms with Crippen LogP contribution in [0.4, 0.5) is 0 Å². The van der Waals surface area contributed by atoms with Gasteiger partial charge in [0.25, 0.3) is 5.91 Å². The molecular weight excluding hydrogens is 318 g/mol. The molecule has 1 aromatic rings. The molecule has 2 nitrogen and oxygen atoms in total. The van der Waals surface area contributed by atoms with Gasteiger partial charge in [0.05, 0.1) is 8.07 Å². The van der Waals surface area contributed by atoms with Crippen molar-refractivity contribution in [3.8, 4) is 0 Å². The van der Waals surface area contributed by atoms with Gasteiger partial charge in [0.2, 0.25) is 0 Å². The zero-order chi connectivity index (χ0) is 14.0. The van der Waals surface area contributed by atoms with E-state index in [1.54, 1.807) is 0 Å². The number of benzene rings is 1. The standard InChI is InChI=1S/C15H22BrNOSi/c1-19(2,3)14-6-4-5-11-17(14)15(18)12-7-9-13(16)10-8-12/h7-10,14H,4-6,11H2,1-3H3/t14-/m0/s1. The van der Waals surface area contributed by atoms with Gasteiger partial charge in [0.1, 0.15) is 0 Å². The molecule has 0 bridgehead atoms. The van der Waals surface area contributed by atoms with Gasteiger partial charge in [0, 0.05) is 22.2 Å². The molecule has 1 amide bonds. The summed E-state index contributed by atoms with van der Waals surface area (Å²) in [4.78, 5) is 14.8. The van der Waals surface area contributed by atoms with Gasteiger partial charge in [-0.05, 0) is 43.5 Å². The highest BCUT2D eigenvalue weighted by atomic mass is 79.9. The molecule has 0 saturated carbocycles. The van der Waals surface area contributed by atoms with Crippen LogP contribution in [0.2, 0.25) is 19.6 Å². The van der Waals surface area contributed by atoms with Crippen molar-refractivity contribution >= 4 is 29.9 Å². The van der Waals surface area contributed by atoms with Crippen LogP contribution in [0.5, 0.6) is 0 Å². The highest BCUT2D eigenvalue weighted by molar-refractivity contribution is 9.10. The minimum atomic E-state index is -1.33. The number of carbonyl (C=O) groups excluding carboxylic acids is 1. The summed E-state index contributed by atoms with van der Waals surface area (Å²) in [5, 5.41) is 0. The third kappa shape index (κ3) is 3.48. The molecule has 1 saturated heterocycles. The van der Waals surface area contributed by atoms with Crippen LogP contribution in [0.1, 0.15) is 29.6 Å². The summed E-state index contributed by atoms with van der Waals surface area (Å²) in [6.45, 7) is 8.02. The zero-order valence-electron chi connectivity index (χ0n) is 11.9. The summed E-state index contributed by atoms with van der Waals surface area (Å²) in [7, 11) is -1.33. The molecule has 0 radical (unpaired) electrons. The molecule has 1 aliphatic heterocycles. The lowest BCUT2D eigenvalue weighted by Crippen LogP contribution is -2.55. The van der Waals surface area contributed by atoms with E-state index in [-0.39, 0.29) is 5.91 Å². The van der Waals surface area contributed by atoms with Gasteiger partial charge in [-0.2, -0.15) is 0 Å². The summed E-state index contributed by atoms with van der Waals surface area (Å²) >= 11 is 3.42. The SMILES string of the molecule is C[Si](C)(C)[C@H]1CCCCN1C(=O)c1ccc(Br)cc1. The van der Waals surface area contributed by atoms with Crippen LogP contribution in [0, 0.1) is 0 Å². The molecule has 0 aromatic heterocycles. The maximum Gasteiger partial charge on any atom is 0.253 e. The second kappa shape index (κ2) is 5.79. The van der Waals surface area contributed by atoms with E-state index in [1.807, 2.05) is 24.3 Å². The first-order valence-corrected chi connectivity index (χ1v) is 11.3. The molecule has 1 atom stereocenters. The Hall–Kier alpha value is -0.613. The molecule has 1 aliphatic rings. The van der Waals surface area contributed by atoms with Crippen LogP contribution in [0.3, 0.4) is 0 Å². The van der Waals surface area contributed by atoms with Crippen molar-refractivity contribution < 1.29 is 4.79 Å². The molecule has 0 unspecified atom stereocenters. The minimum absolute atomic E-state index is 0.208. The number of amides is 1. The smallest absolute Gasteiger partial charge is 0.253 e. The van der Waals surface area contributed by atoms with Crippen LogP contribution < -0.4 is 0 Å². The lowest BCUT2D eigenvalue weighted by molar-refractivity contribution is 0.0682. The predicted octanol–water partition coefficient (Wildman–Crippen LogP) is 4.32. The van der Waals surface area contributed by atoms with E-state index in [9.17, 15) is 4.79 Å². The second-order valence-corrected chi connectivity index (χ2v) is 12.7. The number of hydrogen-bond donors (Lipinski definition) is 0. The van der Waals surface area contributed by atoms with Crippen LogP contribution in [0.15, 0.2) is 28.7 Å². The highest BCUT2D eigenvalue weighted by Gasteiger charge is 2.36. The lowest BCUT2D eigenvalue weighted by Gasteiger charge is -2.42. The van der Waals surface area contributed by atoms with Crippen molar-refractivity contribution in [2.45, 2.75) is 44.6 Å². The number of likely N-dealkylation sites (tertiary alicyclic amines) is 1. The Labute approximate surface area is 125 Å². The summed E-state index contributed by atoms with van der Waals surface area (Å²) in [5.74, 6) is 0.208. The third-order valence-electron chi connectivity index (χ3n) is 3.85. The fourth-order valence-corrected chi connectivity index (χ4v) is 5.35. The molecule has 4 heteroatoms. The first-order valence-electron chi connectivity index (χ1n) is 6.96. The van der Waals surface area contributed by atoms with Gasteiger partial charge >= 0.3 is 0 Å². The Morgan fingerprint density at radius 2 is 1.84 bits per heavy atom. The van der Waals surface area contributed by atoms with Crippen molar-refractivity contribution in [1.29, 1.82) is 0 Å². The first kappa shape index (κ1) is 14.8. The van der Waals surface area contributed by atoms with Crippen molar-refractivity contribution in [2.24, 2.45) is 0 Å². The van der Waals surface area contributed by atoms with Gasteiger partial charge < -0.3 is 4.90 Å². The van der Waals surface area contributed by atoms with Crippen molar-refractivity contribution in [3.05, 3.63) is 34.3 Å².